The Morgan fingerprint density at radius 3 is 3.00 bits per heavy atom. The Morgan fingerprint density at radius 2 is 2.31 bits per heavy atom. The Kier molecular flexibility index (Phi) is 1.96. The van der Waals surface area contributed by atoms with Crippen LogP contribution in [0, 0.1) is 0 Å². The summed E-state index contributed by atoms with van der Waals surface area (Å²) in [4.78, 5) is 0. The first-order valence-corrected chi connectivity index (χ1v) is 3.94. The molecule has 1 N–H and O–H groups in total. The number of nitrogens with one attached hydrogen (secondary N) is 1. The van der Waals surface area contributed by atoms with E-state index in [4.69, 9.17) is 4.42 Å². The highest BCUT2D eigenvalue weighted by Gasteiger charge is 2.02. The lowest BCUT2D eigenvalue weighted by molar-refractivity contribution is 0.568. The van der Waals surface area contributed by atoms with Crippen LogP contribution in [-0.2, 0) is 0 Å². The lowest BCUT2D eigenvalue weighted by Crippen LogP contribution is -1.87. The Morgan fingerprint density at radius 1 is 1.38 bits per heavy atom. The van der Waals surface area contributed by atoms with Crippen molar-refractivity contribution in [1.29, 1.82) is 0 Å². The van der Waals surface area contributed by atoms with Crippen LogP contribution in [0.2, 0.25) is 0 Å². The highest BCUT2D eigenvalue weighted by atomic mass is 16.4. The van der Waals surface area contributed by atoms with E-state index in [0.717, 1.165) is 11.3 Å². The van der Waals surface area contributed by atoms with Crippen LogP contribution >= 0.6 is 0 Å². The van der Waals surface area contributed by atoms with Crippen molar-refractivity contribution in [3.8, 4) is 11.5 Å². The minimum atomic E-state index is 0.539. The third kappa shape index (κ3) is 1.51. The maximum absolute atomic E-state index is 5.07. The van der Waals surface area contributed by atoms with Gasteiger partial charge in [0.25, 0.3) is 0 Å². The molecule has 0 radical (unpaired) electrons. The van der Waals surface area contributed by atoms with Gasteiger partial charge in [0.1, 0.15) is 0 Å². The maximum Gasteiger partial charge on any atom is 0.247 e. The SMILES string of the molecule is CNc1cccc(-c2nnco2)c1. The molecule has 2 rings (SSSR count). The van der Waals surface area contributed by atoms with Crippen molar-refractivity contribution in [3.05, 3.63) is 30.7 Å². The van der Waals surface area contributed by atoms with Gasteiger partial charge in [-0.15, -0.1) is 10.2 Å². The summed E-state index contributed by atoms with van der Waals surface area (Å²) in [5, 5.41) is 10.5. The van der Waals surface area contributed by atoms with E-state index in [2.05, 4.69) is 15.5 Å². The van der Waals surface area contributed by atoms with Gasteiger partial charge in [-0.3, -0.25) is 0 Å². The Bertz CT molecular complexity index is 384. The second kappa shape index (κ2) is 3.26. The molecular weight excluding hydrogens is 166 g/mol. The van der Waals surface area contributed by atoms with Gasteiger partial charge in [0.05, 0.1) is 0 Å². The molecule has 0 aliphatic carbocycles. The molecule has 1 aromatic carbocycles. The van der Waals surface area contributed by atoms with E-state index in [1.165, 1.54) is 6.39 Å². The Labute approximate surface area is 75.6 Å². The first-order chi connectivity index (χ1) is 6.40. The highest BCUT2D eigenvalue weighted by molar-refractivity contribution is 5.60. The number of aromatic nitrogens is 2. The third-order valence-electron chi connectivity index (χ3n) is 1.76. The van der Waals surface area contributed by atoms with Crippen molar-refractivity contribution < 1.29 is 4.42 Å². The highest BCUT2D eigenvalue weighted by Crippen LogP contribution is 2.19. The molecule has 13 heavy (non-hydrogen) atoms. The molecule has 0 aliphatic heterocycles. The summed E-state index contributed by atoms with van der Waals surface area (Å²) < 4.78 is 5.07. The van der Waals surface area contributed by atoms with E-state index in [1.54, 1.807) is 0 Å². The van der Waals surface area contributed by atoms with E-state index < -0.39 is 0 Å². The van der Waals surface area contributed by atoms with Gasteiger partial charge in [0.15, 0.2) is 0 Å². The Hall–Kier alpha value is -1.84. The zero-order chi connectivity index (χ0) is 9.10. The predicted octanol–water partition coefficient (Wildman–Crippen LogP) is 1.78. The molecule has 0 amide bonds. The summed E-state index contributed by atoms with van der Waals surface area (Å²) in [6, 6.07) is 7.78. The molecular formula is C9H9N3O. The van der Waals surface area contributed by atoms with Gasteiger partial charge in [-0.1, -0.05) is 6.07 Å². The van der Waals surface area contributed by atoms with Crippen LogP contribution < -0.4 is 5.32 Å². The van der Waals surface area contributed by atoms with Crippen molar-refractivity contribution in [2.45, 2.75) is 0 Å². The average Bonchev–Trinajstić information content (AvgIpc) is 2.71. The first-order valence-electron chi connectivity index (χ1n) is 3.94. The van der Waals surface area contributed by atoms with Gasteiger partial charge < -0.3 is 9.73 Å². The standard InChI is InChI=1S/C9H9N3O/c1-10-8-4-2-3-7(5-8)9-12-11-6-13-9/h2-6,10H,1H3. The third-order valence-corrected chi connectivity index (χ3v) is 1.76. The molecule has 0 saturated heterocycles. The lowest BCUT2D eigenvalue weighted by atomic mass is 10.2. The summed E-state index contributed by atoms with van der Waals surface area (Å²) in [6.07, 6.45) is 1.32. The minimum absolute atomic E-state index is 0.539. The van der Waals surface area contributed by atoms with Crippen molar-refractivity contribution in [2.24, 2.45) is 0 Å². The molecule has 0 unspecified atom stereocenters. The normalized spacial score (nSPS) is 9.92. The average molecular weight is 175 g/mol. The van der Waals surface area contributed by atoms with E-state index >= 15 is 0 Å². The molecule has 0 atom stereocenters. The summed E-state index contributed by atoms with van der Waals surface area (Å²) in [5.41, 5.74) is 1.94. The summed E-state index contributed by atoms with van der Waals surface area (Å²) >= 11 is 0. The summed E-state index contributed by atoms with van der Waals surface area (Å²) in [6.45, 7) is 0. The van der Waals surface area contributed by atoms with Crippen molar-refractivity contribution in [3.63, 3.8) is 0 Å². The maximum atomic E-state index is 5.07. The van der Waals surface area contributed by atoms with Gasteiger partial charge in [-0.05, 0) is 18.2 Å². The predicted molar refractivity (Wildman–Crippen MR) is 49.3 cm³/mol. The van der Waals surface area contributed by atoms with Crippen LogP contribution in [0.5, 0.6) is 0 Å². The molecule has 2 aromatic rings. The first kappa shape index (κ1) is 7.79. The zero-order valence-corrected chi connectivity index (χ0v) is 7.19. The molecule has 66 valence electrons. The second-order valence-corrected chi connectivity index (χ2v) is 2.57. The topological polar surface area (TPSA) is 51.0 Å². The zero-order valence-electron chi connectivity index (χ0n) is 7.19. The van der Waals surface area contributed by atoms with Crippen LogP contribution in [0.1, 0.15) is 0 Å². The fourth-order valence-corrected chi connectivity index (χ4v) is 1.11. The van der Waals surface area contributed by atoms with Gasteiger partial charge in [0.2, 0.25) is 12.3 Å². The summed E-state index contributed by atoms with van der Waals surface area (Å²) in [5.74, 6) is 0.539. The molecule has 0 fully saturated rings. The van der Waals surface area contributed by atoms with Gasteiger partial charge in [0, 0.05) is 18.3 Å². The quantitative estimate of drug-likeness (QED) is 0.755. The number of hydrogen-bond acceptors (Lipinski definition) is 4. The molecule has 4 nitrogen and oxygen atoms in total. The van der Waals surface area contributed by atoms with Gasteiger partial charge in [-0.25, -0.2) is 0 Å². The molecule has 0 spiro atoms. The smallest absolute Gasteiger partial charge is 0.247 e. The monoisotopic (exact) mass is 175 g/mol. The van der Waals surface area contributed by atoms with Crippen LogP contribution in [0.3, 0.4) is 0 Å². The van der Waals surface area contributed by atoms with E-state index in [-0.39, 0.29) is 0 Å². The van der Waals surface area contributed by atoms with Crippen LogP contribution in [-0.4, -0.2) is 17.2 Å². The Balaban J connectivity index is 2.41. The van der Waals surface area contributed by atoms with E-state index in [1.807, 2.05) is 31.3 Å². The number of anilines is 1. The van der Waals surface area contributed by atoms with Crippen LogP contribution in [0.15, 0.2) is 35.1 Å². The molecule has 1 aromatic heterocycles. The summed E-state index contributed by atoms with van der Waals surface area (Å²) in [7, 11) is 1.87. The molecule has 0 bridgehead atoms. The van der Waals surface area contributed by atoms with Crippen molar-refractivity contribution >= 4 is 5.69 Å². The number of nitrogens with zero attached hydrogens (tertiary/aromatic N) is 2. The molecule has 0 saturated carbocycles. The lowest BCUT2D eigenvalue weighted by Gasteiger charge is -2.00. The number of benzene rings is 1. The van der Waals surface area contributed by atoms with E-state index in [0.29, 0.717) is 5.89 Å². The van der Waals surface area contributed by atoms with Gasteiger partial charge in [-0.2, -0.15) is 0 Å². The number of hydrogen-bond donors (Lipinski definition) is 1. The molecule has 4 heteroatoms. The van der Waals surface area contributed by atoms with Gasteiger partial charge >= 0.3 is 0 Å². The minimum Gasteiger partial charge on any atom is -0.423 e. The fraction of sp³-hybridized carbons (Fsp3) is 0.111. The fourth-order valence-electron chi connectivity index (χ4n) is 1.11. The van der Waals surface area contributed by atoms with Crippen molar-refractivity contribution in [1.82, 2.24) is 10.2 Å². The second-order valence-electron chi connectivity index (χ2n) is 2.57. The van der Waals surface area contributed by atoms with E-state index in [9.17, 15) is 0 Å². The van der Waals surface area contributed by atoms with Crippen molar-refractivity contribution in [2.75, 3.05) is 12.4 Å². The van der Waals surface area contributed by atoms with Crippen LogP contribution in [0.4, 0.5) is 5.69 Å². The number of rotatable bonds is 2. The largest absolute Gasteiger partial charge is 0.423 e. The molecule has 0 aliphatic rings. The molecule has 1 heterocycles. The van der Waals surface area contributed by atoms with Crippen LogP contribution in [0.25, 0.3) is 11.5 Å².